The summed E-state index contributed by atoms with van der Waals surface area (Å²) in [4.78, 5) is 16.7. The molecule has 4 rings (SSSR count). The number of nitrogens with one attached hydrogen (secondary N) is 2. The molecule has 130 valence electrons. The van der Waals surface area contributed by atoms with Gasteiger partial charge in [-0.15, -0.1) is 0 Å². The van der Waals surface area contributed by atoms with E-state index in [1.807, 2.05) is 32.0 Å². The predicted molar refractivity (Wildman–Crippen MR) is 95.9 cm³/mol. The molecule has 0 radical (unpaired) electrons. The van der Waals surface area contributed by atoms with E-state index in [4.69, 9.17) is 0 Å². The number of H-pyrrole nitrogens is 1. The minimum Gasteiger partial charge on any atom is -0.348 e. The van der Waals surface area contributed by atoms with Gasteiger partial charge in [-0.1, -0.05) is 6.07 Å². The lowest BCUT2D eigenvalue weighted by molar-refractivity contribution is 0.0951. The highest BCUT2D eigenvalue weighted by Gasteiger charge is 2.09. The summed E-state index contributed by atoms with van der Waals surface area (Å²) in [5.74, 6) is 0.583. The number of nitrogens with zero attached hydrogens (tertiary/aromatic N) is 5. The molecule has 0 aliphatic rings. The topological polar surface area (TPSA) is 101 Å². The van der Waals surface area contributed by atoms with Gasteiger partial charge < -0.3 is 5.32 Å². The molecule has 2 N–H and O–H groups in total. The number of rotatable bonds is 4. The zero-order valence-corrected chi connectivity index (χ0v) is 14.4. The molecule has 1 amide bonds. The molecule has 0 atom stereocenters. The first-order chi connectivity index (χ1) is 12.6. The minimum atomic E-state index is -0.169. The Morgan fingerprint density at radius 3 is 2.69 bits per heavy atom. The van der Waals surface area contributed by atoms with Crippen molar-refractivity contribution in [3.8, 4) is 5.82 Å². The first-order valence-corrected chi connectivity index (χ1v) is 8.17. The van der Waals surface area contributed by atoms with Crippen LogP contribution >= 0.6 is 0 Å². The Morgan fingerprint density at radius 2 is 1.96 bits per heavy atom. The molecular weight excluding hydrogens is 330 g/mol. The number of hydrogen-bond donors (Lipinski definition) is 2. The molecule has 3 aromatic heterocycles. The average Bonchev–Trinajstić information content (AvgIpc) is 3.25. The highest BCUT2D eigenvalue weighted by Crippen LogP contribution is 2.12. The predicted octanol–water partition coefficient (Wildman–Crippen LogP) is 2.09. The van der Waals surface area contributed by atoms with Gasteiger partial charge in [-0.05, 0) is 49.7 Å². The first-order valence-electron chi connectivity index (χ1n) is 8.17. The molecule has 0 fully saturated rings. The van der Waals surface area contributed by atoms with Crippen molar-refractivity contribution in [1.29, 1.82) is 0 Å². The van der Waals surface area contributed by atoms with E-state index < -0.39 is 0 Å². The van der Waals surface area contributed by atoms with Crippen LogP contribution in [0.1, 0.15) is 27.3 Å². The van der Waals surface area contributed by atoms with Crippen LogP contribution in [-0.2, 0) is 6.54 Å². The van der Waals surface area contributed by atoms with Crippen LogP contribution in [0.2, 0.25) is 0 Å². The van der Waals surface area contributed by atoms with Gasteiger partial charge in [0.25, 0.3) is 5.91 Å². The maximum absolute atomic E-state index is 12.3. The summed E-state index contributed by atoms with van der Waals surface area (Å²) in [6, 6.07) is 11.0. The Labute approximate surface area is 149 Å². The highest BCUT2D eigenvalue weighted by molar-refractivity contribution is 5.97. The summed E-state index contributed by atoms with van der Waals surface area (Å²) < 4.78 is 1.80. The summed E-state index contributed by atoms with van der Waals surface area (Å²) >= 11 is 0. The third-order valence-electron chi connectivity index (χ3n) is 4.07. The fourth-order valence-corrected chi connectivity index (χ4v) is 2.77. The Balaban J connectivity index is 1.44. The van der Waals surface area contributed by atoms with E-state index in [0.717, 1.165) is 28.3 Å². The Bertz CT molecular complexity index is 1080. The van der Waals surface area contributed by atoms with Crippen LogP contribution in [0.15, 0.2) is 42.6 Å². The van der Waals surface area contributed by atoms with Crippen molar-refractivity contribution < 1.29 is 4.79 Å². The van der Waals surface area contributed by atoms with Gasteiger partial charge in [0.05, 0.1) is 5.69 Å². The Hall–Kier alpha value is -3.55. The van der Waals surface area contributed by atoms with Crippen molar-refractivity contribution in [1.82, 2.24) is 35.5 Å². The van der Waals surface area contributed by atoms with E-state index >= 15 is 0 Å². The molecule has 0 unspecified atom stereocenters. The average molecular weight is 347 g/mol. The summed E-state index contributed by atoms with van der Waals surface area (Å²) in [6.45, 7) is 4.32. The number of fused-ring (bicyclic) bond motifs is 1. The second kappa shape index (κ2) is 6.40. The fraction of sp³-hybridized carbons (Fsp3) is 0.167. The van der Waals surface area contributed by atoms with Crippen molar-refractivity contribution in [2.75, 3.05) is 0 Å². The minimum absolute atomic E-state index is 0.169. The maximum Gasteiger partial charge on any atom is 0.251 e. The lowest BCUT2D eigenvalue weighted by atomic mass is 10.2. The van der Waals surface area contributed by atoms with Gasteiger partial charge in [-0.2, -0.15) is 20.5 Å². The molecule has 0 saturated heterocycles. The van der Waals surface area contributed by atoms with E-state index in [2.05, 4.69) is 30.8 Å². The Kier molecular flexibility index (Phi) is 3.92. The van der Waals surface area contributed by atoms with E-state index in [9.17, 15) is 4.79 Å². The number of carbonyl (C=O) groups excluding carboxylic acids is 1. The zero-order valence-electron chi connectivity index (χ0n) is 14.4. The molecule has 4 aromatic rings. The van der Waals surface area contributed by atoms with Crippen LogP contribution in [0, 0.1) is 13.8 Å². The molecule has 0 aliphatic heterocycles. The summed E-state index contributed by atoms with van der Waals surface area (Å²) in [7, 11) is 0. The second-order valence-corrected chi connectivity index (χ2v) is 6.07. The van der Waals surface area contributed by atoms with Crippen LogP contribution in [-0.4, -0.2) is 36.1 Å². The number of hydrogen-bond acceptors (Lipinski definition) is 5. The zero-order chi connectivity index (χ0) is 18.1. The van der Waals surface area contributed by atoms with Crippen molar-refractivity contribution in [3.05, 3.63) is 65.1 Å². The van der Waals surface area contributed by atoms with E-state index in [0.29, 0.717) is 17.6 Å². The molecule has 3 heterocycles. The number of pyridine rings is 1. The van der Waals surface area contributed by atoms with Gasteiger partial charge in [0.2, 0.25) is 0 Å². The Morgan fingerprint density at radius 1 is 1.12 bits per heavy atom. The lowest BCUT2D eigenvalue weighted by Crippen LogP contribution is -2.22. The van der Waals surface area contributed by atoms with E-state index in [1.54, 1.807) is 29.1 Å². The molecule has 8 heteroatoms. The third kappa shape index (κ3) is 3.04. The summed E-state index contributed by atoms with van der Waals surface area (Å²) in [5.41, 5.74) is 4.81. The standard InChI is InChI=1S/C18H17N7O/c1-11-7-12(2)25(23-11)17-6-3-13(9-19-17)10-20-18(26)14-4-5-15-16(8-14)22-24-21-15/h3-9H,10H2,1-2H3,(H,20,26)(H,21,22,24). The molecule has 0 spiro atoms. The van der Waals surface area contributed by atoms with Crippen molar-refractivity contribution in [2.45, 2.75) is 20.4 Å². The van der Waals surface area contributed by atoms with Crippen LogP contribution < -0.4 is 5.32 Å². The maximum atomic E-state index is 12.3. The highest BCUT2D eigenvalue weighted by atomic mass is 16.1. The van der Waals surface area contributed by atoms with Crippen LogP contribution in [0.4, 0.5) is 0 Å². The van der Waals surface area contributed by atoms with Crippen LogP contribution in [0.3, 0.4) is 0 Å². The molecule has 0 saturated carbocycles. The second-order valence-electron chi connectivity index (χ2n) is 6.07. The van der Waals surface area contributed by atoms with Gasteiger partial charge in [0.15, 0.2) is 5.82 Å². The SMILES string of the molecule is Cc1cc(C)n(-c2ccc(CNC(=O)c3ccc4n[nH]nc4c3)cn2)n1. The number of aromatic nitrogens is 6. The van der Waals surface area contributed by atoms with Crippen molar-refractivity contribution in [2.24, 2.45) is 0 Å². The van der Waals surface area contributed by atoms with E-state index in [-0.39, 0.29) is 5.91 Å². The third-order valence-corrected chi connectivity index (χ3v) is 4.07. The van der Waals surface area contributed by atoms with Crippen LogP contribution in [0.25, 0.3) is 16.9 Å². The number of aryl methyl sites for hydroxylation is 2. The molecule has 0 bridgehead atoms. The lowest BCUT2D eigenvalue weighted by Gasteiger charge is -2.07. The summed E-state index contributed by atoms with van der Waals surface area (Å²) in [6.07, 6.45) is 1.74. The molecule has 1 aromatic carbocycles. The van der Waals surface area contributed by atoms with Crippen molar-refractivity contribution >= 4 is 16.9 Å². The van der Waals surface area contributed by atoms with Crippen molar-refractivity contribution in [3.63, 3.8) is 0 Å². The van der Waals surface area contributed by atoms with Gasteiger partial charge in [-0.3, -0.25) is 4.79 Å². The molecule has 26 heavy (non-hydrogen) atoms. The van der Waals surface area contributed by atoms with E-state index in [1.165, 1.54) is 0 Å². The quantitative estimate of drug-likeness (QED) is 0.588. The number of carbonyl (C=O) groups is 1. The first kappa shape index (κ1) is 15.9. The van der Waals surface area contributed by atoms with Crippen LogP contribution in [0.5, 0.6) is 0 Å². The number of aromatic amines is 1. The molecule has 8 nitrogen and oxygen atoms in total. The molecular formula is C18H17N7O. The normalized spacial score (nSPS) is 11.0. The van der Waals surface area contributed by atoms with Gasteiger partial charge in [-0.25, -0.2) is 9.67 Å². The largest absolute Gasteiger partial charge is 0.348 e. The smallest absolute Gasteiger partial charge is 0.251 e. The number of amides is 1. The molecule has 0 aliphatic carbocycles. The summed E-state index contributed by atoms with van der Waals surface area (Å²) in [5, 5.41) is 17.8. The fourth-order valence-electron chi connectivity index (χ4n) is 2.77. The van der Waals surface area contributed by atoms with Gasteiger partial charge in [0, 0.05) is 24.0 Å². The number of benzene rings is 1. The monoisotopic (exact) mass is 347 g/mol. The van der Waals surface area contributed by atoms with Gasteiger partial charge in [0.1, 0.15) is 11.0 Å². The van der Waals surface area contributed by atoms with Gasteiger partial charge >= 0.3 is 0 Å².